The Morgan fingerprint density at radius 2 is 1.55 bits per heavy atom. The van der Waals surface area contributed by atoms with Crippen molar-refractivity contribution in [2.45, 2.75) is 56.2 Å². The Morgan fingerprint density at radius 1 is 0.950 bits per heavy atom. The van der Waals surface area contributed by atoms with Crippen molar-refractivity contribution >= 4 is 15.9 Å². The van der Waals surface area contributed by atoms with Gasteiger partial charge in [0, 0.05) is 4.83 Å². The van der Waals surface area contributed by atoms with E-state index < -0.39 is 17.5 Å². The Balaban J connectivity index is 1.71. The average molecular weight is 349 g/mol. The van der Waals surface area contributed by atoms with Crippen molar-refractivity contribution in [2.24, 2.45) is 5.92 Å². The Hall–Kier alpha value is -0.510. The van der Waals surface area contributed by atoms with E-state index >= 15 is 0 Å². The molecule has 0 aliphatic heterocycles. The van der Waals surface area contributed by atoms with Crippen molar-refractivity contribution in [3.05, 3.63) is 35.1 Å². The van der Waals surface area contributed by atoms with Crippen LogP contribution in [0.15, 0.2) is 12.1 Å². The van der Waals surface area contributed by atoms with E-state index in [2.05, 4.69) is 15.9 Å². The minimum atomic E-state index is -1.37. The van der Waals surface area contributed by atoms with Crippen LogP contribution in [0, 0.1) is 23.4 Å². The van der Waals surface area contributed by atoms with Crippen LogP contribution in [0.4, 0.5) is 13.2 Å². The first-order valence-electron chi connectivity index (χ1n) is 7.33. The highest BCUT2D eigenvalue weighted by atomic mass is 79.9. The van der Waals surface area contributed by atoms with Crippen LogP contribution in [0.5, 0.6) is 0 Å². The van der Waals surface area contributed by atoms with Gasteiger partial charge in [0.15, 0.2) is 17.5 Å². The molecule has 20 heavy (non-hydrogen) atoms. The number of benzene rings is 1. The fourth-order valence-corrected chi connectivity index (χ4v) is 3.45. The minimum Gasteiger partial charge on any atom is -0.204 e. The fraction of sp³-hybridized carbons (Fsp3) is 0.625. The molecule has 2 rings (SSSR count). The molecule has 1 aromatic carbocycles. The summed E-state index contributed by atoms with van der Waals surface area (Å²) in [5.74, 6) is -2.75. The molecule has 0 nitrogen and oxygen atoms in total. The maximum absolute atomic E-state index is 13.1. The molecule has 0 heterocycles. The highest BCUT2D eigenvalue weighted by Gasteiger charge is 2.18. The molecule has 0 saturated heterocycles. The zero-order valence-corrected chi connectivity index (χ0v) is 13.1. The van der Waals surface area contributed by atoms with E-state index in [9.17, 15) is 13.2 Å². The lowest BCUT2D eigenvalue weighted by Crippen LogP contribution is -2.13. The van der Waals surface area contributed by atoms with Crippen LogP contribution in [0.2, 0.25) is 0 Å². The maximum atomic E-state index is 13.1. The normalized spacial score (nSPS) is 23.0. The number of alkyl halides is 1. The second kappa shape index (κ2) is 7.48. The third-order valence-corrected chi connectivity index (χ3v) is 5.06. The first kappa shape index (κ1) is 15.9. The lowest BCUT2D eigenvalue weighted by molar-refractivity contribution is 0.337. The molecule has 0 amide bonds. The molecule has 0 radical (unpaired) electrons. The molecule has 112 valence electrons. The van der Waals surface area contributed by atoms with Crippen molar-refractivity contribution < 1.29 is 13.2 Å². The summed E-state index contributed by atoms with van der Waals surface area (Å²) >= 11 is 3.65. The van der Waals surface area contributed by atoms with E-state index in [0.29, 0.717) is 16.8 Å². The number of rotatable bonds is 5. The number of hydrogen-bond donors (Lipinski definition) is 0. The lowest BCUT2D eigenvalue weighted by atomic mass is 9.85. The predicted molar refractivity (Wildman–Crippen MR) is 78.5 cm³/mol. The van der Waals surface area contributed by atoms with Crippen molar-refractivity contribution in [1.82, 2.24) is 0 Å². The monoisotopic (exact) mass is 348 g/mol. The summed E-state index contributed by atoms with van der Waals surface area (Å²) in [5, 5.41) is 0. The first-order chi connectivity index (χ1) is 9.56. The van der Waals surface area contributed by atoms with E-state index in [1.807, 2.05) is 0 Å². The molecule has 1 aliphatic rings. The summed E-state index contributed by atoms with van der Waals surface area (Å²) in [6.07, 6.45) is 8.81. The Morgan fingerprint density at radius 3 is 2.15 bits per heavy atom. The molecule has 0 spiro atoms. The van der Waals surface area contributed by atoms with Gasteiger partial charge >= 0.3 is 0 Å². The molecule has 0 atom stereocenters. The summed E-state index contributed by atoms with van der Waals surface area (Å²) in [7, 11) is 0. The summed E-state index contributed by atoms with van der Waals surface area (Å²) in [5.41, 5.74) is 0.547. The second-order valence-electron chi connectivity index (χ2n) is 5.74. The Bertz CT molecular complexity index is 416. The zero-order chi connectivity index (χ0) is 14.5. The van der Waals surface area contributed by atoms with Crippen molar-refractivity contribution in [2.75, 3.05) is 0 Å². The van der Waals surface area contributed by atoms with E-state index in [1.165, 1.54) is 32.1 Å². The second-order valence-corrected chi connectivity index (χ2v) is 7.03. The molecule has 1 aliphatic carbocycles. The van der Waals surface area contributed by atoms with Gasteiger partial charge in [-0.3, -0.25) is 0 Å². The SMILES string of the molecule is Fc1cc(CCCCC2CCC(Br)CC2)cc(F)c1F. The molecule has 1 fully saturated rings. The van der Waals surface area contributed by atoms with Gasteiger partial charge in [-0.25, -0.2) is 13.2 Å². The van der Waals surface area contributed by atoms with Crippen LogP contribution in [-0.4, -0.2) is 4.83 Å². The molecule has 1 aromatic rings. The smallest absolute Gasteiger partial charge is 0.194 e. The summed E-state index contributed by atoms with van der Waals surface area (Å²) in [6.45, 7) is 0. The van der Waals surface area contributed by atoms with Gasteiger partial charge in [-0.05, 0) is 62.1 Å². The van der Waals surface area contributed by atoms with E-state index in [4.69, 9.17) is 0 Å². The lowest BCUT2D eigenvalue weighted by Gasteiger charge is -2.25. The van der Waals surface area contributed by atoms with Crippen LogP contribution in [0.25, 0.3) is 0 Å². The molecule has 0 aromatic heterocycles. The number of hydrogen-bond acceptors (Lipinski definition) is 0. The average Bonchev–Trinajstić information content (AvgIpc) is 2.43. The van der Waals surface area contributed by atoms with Gasteiger partial charge in [-0.1, -0.05) is 28.8 Å². The number of halogens is 4. The highest BCUT2D eigenvalue weighted by Crippen LogP contribution is 2.31. The Labute approximate surface area is 126 Å². The van der Waals surface area contributed by atoms with Gasteiger partial charge in [0.2, 0.25) is 0 Å². The van der Waals surface area contributed by atoms with Crippen molar-refractivity contribution in [3.8, 4) is 0 Å². The summed E-state index contributed by atoms with van der Waals surface area (Å²) in [4.78, 5) is 0.684. The van der Waals surface area contributed by atoms with Gasteiger partial charge in [-0.15, -0.1) is 0 Å². The molecule has 1 saturated carbocycles. The van der Waals surface area contributed by atoms with Crippen LogP contribution < -0.4 is 0 Å². The van der Waals surface area contributed by atoms with Gasteiger partial charge in [0.1, 0.15) is 0 Å². The molecule has 0 N–H and O–H groups in total. The molecule has 0 unspecified atom stereocenters. The first-order valence-corrected chi connectivity index (χ1v) is 8.25. The maximum Gasteiger partial charge on any atom is 0.194 e. The summed E-state index contributed by atoms with van der Waals surface area (Å²) < 4.78 is 38.9. The third-order valence-electron chi connectivity index (χ3n) is 4.15. The van der Waals surface area contributed by atoms with Gasteiger partial charge in [-0.2, -0.15) is 0 Å². The minimum absolute atomic E-state index is 0.547. The fourth-order valence-electron chi connectivity index (χ4n) is 2.92. The highest BCUT2D eigenvalue weighted by molar-refractivity contribution is 9.09. The van der Waals surface area contributed by atoms with Crippen molar-refractivity contribution in [1.29, 1.82) is 0 Å². The summed E-state index contributed by atoms with van der Waals surface area (Å²) in [6, 6.07) is 2.21. The van der Waals surface area contributed by atoms with Gasteiger partial charge in [0.25, 0.3) is 0 Å². The Kier molecular flexibility index (Phi) is 5.94. The molecular formula is C16H20BrF3. The van der Waals surface area contributed by atoms with E-state index in [0.717, 1.165) is 30.9 Å². The van der Waals surface area contributed by atoms with Crippen LogP contribution >= 0.6 is 15.9 Å². The van der Waals surface area contributed by atoms with Crippen LogP contribution in [0.1, 0.15) is 50.5 Å². The zero-order valence-electron chi connectivity index (χ0n) is 11.5. The quantitative estimate of drug-likeness (QED) is 0.360. The van der Waals surface area contributed by atoms with Gasteiger partial charge < -0.3 is 0 Å². The topological polar surface area (TPSA) is 0 Å². The van der Waals surface area contributed by atoms with Crippen LogP contribution in [0.3, 0.4) is 0 Å². The molecule has 4 heteroatoms. The van der Waals surface area contributed by atoms with E-state index in [1.54, 1.807) is 0 Å². The van der Waals surface area contributed by atoms with Crippen molar-refractivity contribution in [3.63, 3.8) is 0 Å². The standard InChI is InChI=1S/C16H20BrF3/c17-13-7-5-11(6-8-13)3-1-2-4-12-9-14(18)16(20)15(19)10-12/h9-11,13H,1-8H2. The molecular weight excluding hydrogens is 329 g/mol. The molecule has 0 bridgehead atoms. The number of unbranched alkanes of at least 4 members (excludes halogenated alkanes) is 1. The van der Waals surface area contributed by atoms with Crippen LogP contribution in [-0.2, 0) is 6.42 Å². The largest absolute Gasteiger partial charge is 0.204 e. The third kappa shape index (κ3) is 4.51. The van der Waals surface area contributed by atoms with E-state index in [-0.39, 0.29) is 0 Å². The van der Waals surface area contributed by atoms with Gasteiger partial charge in [0.05, 0.1) is 0 Å². The number of aryl methyl sites for hydroxylation is 1. The predicted octanol–water partition coefficient (Wildman–Crippen LogP) is 5.77.